The van der Waals surface area contributed by atoms with Crippen molar-refractivity contribution in [3.05, 3.63) is 47.7 Å². The second-order valence-corrected chi connectivity index (χ2v) is 4.08. The Hall–Kier alpha value is -2.21. The van der Waals surface area contributed by atoms with Crippen LogP contribution in [0.4, 0.5) is 0 Å². The lowest BCUT2D eigenvalue weighted by atomic mass is 10.2. The van der Waals surface area contributed by atoms with Gasteiger partial charge in [0.05, 0.1) is 13.1 Å². The van der Waals surface area contributed by atoms with Crippen LogP contribution in [0.3, 0.4) is 0 Å². The van der Waals surface area contributed by atoms with Gasteiger partial charge in [-0.15, -0.1) is 10.2 Å². The smallest absolute Gasteiger partial charge is 0.234 e. The van der Waals surface area contributed by atoms with E-state index in [4.69, 9.17) is 4.42 Å². The van der Waals surface area contributed by atoms with E-state index in [0.29, 0.717) is 24.9 Å². The number of hydrogen-bond donors (Lipinski definition) is 2. The Labute approximate surface area is 111 Å². The minimum Gasteiger partial charge on any atom is -0.424 e. The highest BCUT2D eigenvalue weighted by molar-refractivity contribution is 5.77. The fourth-order valence-corrected chi connectivity index (χ4v) is 1.55. The molecule has 2 N–H and O–H groups in total. The van der Waals surface area contributed by atoms with Crippen LogP contribution < -0.4 is 10.6 Å². The molecule has 2 aromatic rings. The predicted octanol–water partition coefficient (Wildman–Crippen LogP) is 0.784. The number of hydrogen-bond acceptors (Lipinski definition) is 5. The third-order valence-corrected chi connectivity index (χ3v) is 2.46. The molecule has 0 bridgehead atoms. The monoisotopic (exact) mass is 260 g/mol. The zero-order valence-electron chi connectivity index (χ0n) is 10.7. The topological polar surface area (TPSA) is 80.0 Å². The standard InChI is InChI=1S/C13H16N4O2/c1-10-16-17-13(19-10)9-14-8-12(18)15-7-11-5-3-2-4-6-11/h2-6,14H,7-9H2,1H3,(H,15,18). The van der Waals surface area contributed by atoms with E-state index >= 15 is 0 Å². The summed E-state index contributed by atoms with van der Waals surface area (Å²) in [6.07, 6.45) is 0. The van der Waals surface area contributed by atoms with Crippen LogP contribution in [0.25, 0.3) is 0 Å². The maximum Gasteiger partial charge on any atom is 0.234 e. The number of carbonyl (C=O) groups is 1. The van der Waals surface area contributed by atoms with E-state index in [-0.39, 0.29) is 12.5 Å². The van der Waals surface area contributed by atoms with Gasteiger partial charge < -0.3 is 9.73 Å². The molecule has 0 aliphatic rings. The summed E-state index contributed by atoms with van der Waals surface area (Å²) in [7, 11) is 0. The molecule has 100 valence electrons. The molecule has 6 nitrogen and oxygen atoms in total. The number of rotatable bonds is 6. The molecular weight excluding hydrogens is 244 g/mol. The number of benzene rings is 1. The summed E-state index contributed by atoms with van der Waals surface area (Å²) in [4.78, 5) is 11.6. The first-order chi connectivity index (χ1) is 9.24. The largest absolute Gasteiger partial charge is 0.424 e. The van der Waals surface area contributed by atoms with Gasteiger partial charge in [0.15, 0.2) is 0 Å². The van der Waals surface area contributed by atoms with Gasteiger partial charge in [0.1, 0.15) is 0 Å². The summed E-state index contributed by atoms with van der Waals surface area (Å²) in [6, 6.07) is 9.76. The molecule has 1 heterocycles. The van der Waals surface area contributed by atoms with E-state index in [1.54, 1.807) is 6.92 Å². The molecular formula is C13H16N4O2. The van der Waals surface area contributed by atoms with E-state index in [1.807, 2.05) is 30.3 Å². The first-order valence-corrected chi connectivity index (χ1v) is 6.04. The van der Waals surface area contributed by atoms with Crippen molar-refractivity contribution < 1.29 is 9.21 Å². The van der Waals surface area contributed by atoms with Gasteiger partial charge in [0.25, 0.3) is 0 Å². The Bertz CT molecular complexity index is 524. The molecule has 0 fully saturated rings. The quantitative estimate of drug-likeness (QED) is 0.802. The molecule has 0 spiro atoms. The molecule has 0 radical (unpaired) electrons. The average Bonchev–Trinajstić information content (AvgIpc) is 2.83. The van der Waals surface area contributed by atoms with Crippen LogP contribution in [-0.2, 0) is 17.9 Å². The molecule has 0 atom stereocenters. The first-order valence-electron chi connectivity index (χ1n) is 6.04. The summed E-state index contributed by atoms with van der Waals surface area (Å²) < 4.78 is 5.18. The van der Waals surface area contributed by atoms with Crippen LogP contribution in [0.2, 0.25) is 0 Å². The summed E-state index contributed by atoms with van der Waals surface area (Å²) >= 11 is 0. The number of carbonyl (C=O) groups excluding carboxylic acids is 1. The molecule has 0 aliphatic carbocycles. The van der Waals surface area contributed by atoms with Crippen LogP contribution >= 0.6 is 0 Å². The third kappa shape index (κ3) is 4.51. The molecule has 1 amide bonds. The number of nitrogens with one attached hydrogen (secondary N) is 2. The second kappa shape index (κ2) is 6.65. The van der Waals surface area contributed by atoms with Crippen LogP contribution in [0.5, 0.6) is 0 Å². The molecule has 0 aliphatic heterocycles. The molecule has 1 aromatic heterocycles. The minimum absolute atomic E-state index is 0.0694. The van der Waals surface area contributed by atoms with Crippen molar-refractivity contribution in [1.82, 2.24) is 20.8 Å². The van der Waals surface area contributed by atoms with Gasteiger partial charge in [-0.1, -0.05) is 30.3 Å². The molecule has 0 saturated carbocycles. The van der Waals surface area contributed by atoms with Crippen molar-refractivity contribution in [2.45, 2.75) is 20.0 Å². The van der Waals surface area contributed by atoms with Gasteiger partial charge >= 0.3 is 0 Å². The van der Waals surface area contributed by atoms with E-state index in [2.05, 4.69) is 20.8 Å². The van der Waals surface area contributed by atoms with Gasteiger partial charge in [0.2, 0.25) is 17.7 Å². The Morgan fingerprint density at radius 3 is 2.68 bits per heavy atom. The van der Waals surface area contributed by atoms with E-state index in [0.717, 1.165) is 5.56 Å². The Balaban J connectivity index is 1.65. The van der Waals surface area contributed by atoms with Crippen LogP contribution in [0, 0.1) is 6.92 Å². The summed E-state index contributed by atoms with van der Waals surface area (Å²) in [5.41, 5.74) is 1.07. The van der Waals surface area contributed by atoms with Gasteiger partial charge in [-0.05, 0) is 5.56 Å². The van der Waals surface area contributed by atoms with Crippen molar-refractivity contribution in [2.24, 2.45) is 0 Å². The highest BCUT2D eigenvalue weighted by Crippen LogP contribution is 1.97. The average molecular weight is 260 g/mol. The van der Waals surface area contributed by atoms with Gasteiger partial charge in [0, 0.05) is 13.5 Å². The molecule has 0 unspecified atom stereocenters. The Kier molecular flexibility index (Phi) is 4.63. The summed E-state index contributed by atoms with van der Waals surface area (Å²) in [5, 5.41) is 13.3. The molecule has 1 aromatic carbocycles. The normalized spacial score (nSPS) is 10.4. The summed E-state index contributed by atoms with van der Waals surface area (Å²) in [5.74, 6) is 0.929. The minimum atomic E-state index is -0.0694. The van der Waals surface area contributed by atoms with Crippen LogP contribution in [0.15, 0.2) is 34.7 Å². The highest BCUT2D eigenvalue weighted by Gasteiger charge is 2.04. The second-order valence-electron chi connectivity index (χ2n) is 4.08. The Morgan fingerprint density at radius 2 is 2.00 bits per heavy atom. The number of nitrogens with zero attached hydrogens (tertiary/aromatic N) is 2. The van der Waals surface area contributed by atoms with Crippen LogP contribution in [0.1, 0.15) is 17.3 Å². The van der Waals surface area contributed by atoms with E-state index in [1.165, 1.54) is 0 Å². The summed E-state index contributed by atoms with van der Waals surface area (Å²) in [6.45, 7) is 2.86. The van der Waals surface area contributed by atoms with Gasteiger partial charge in [-0.3, -0.25) is 10.1 Å². The maximum absolute atomic E-state index is 11.6. The zero-order chi connectivity index (χ0) is 13.5. The van der Waals surface area contributed by atoms with Crippen molar-refractivity contribution in [3.8, 4) is 0 Å². The maximum atomic E-state index is 11.6. The van der Waals surface area contributed by atoms with E-state index < -0.39 is 0 Å². The SMILES string of the molecule is Cc1nnc(CNCC(=O)NCc2ccccc2)o1. The molecule has 19 heavy (non-hydrogen) atoms. The Morgan fingerprint density at radius 1 is 1.21 bits per heavy atom. The van der Waals surface area contributed by atoms with Crippen molar-refractivity contribution in [1.29, 1.82) is 0 Å². The van der Waals surface area contributed by atoms with Crippen LogP contribution in [-0.4, -0.2) is 22.6 Å². The molecule has 0 saturated heterocycles. The van der Waals surface area contributed by atoms with Crippen molar-refractivity contribution in [2.75, 3.05) is 6.54 Å². The lowest BCUT2D eigenvalue weighted by molar-refractivity contribution is -0.120. The predicted molar refractivity (Wildman–Crippen MR) is 69.0 cm³/mol. The molecule has 6 heteroatoms. The van der Waals surface area contributed by atoms with Gasteiger partial charge in [-0.25, -0.2) is 0 Å². The first kappa shape index (κ1) is 13.2. The number of aromatic nitrogens is 2. The fraction of sp³-hybridized carbons (Fsp3) is 0.308. The van der Waals surface area contributed by atoms with Crippen molar-refractivity contribution in [3.63, 3.8) is 0 Å². The zero-order valence-corrected chi connectivity index (χ0v) is 10.7. The van der Waals surface area contributed by atoms with Crippen molar-refractivity contribution >= 4 is 5.91 Å². The highest BCUT2D eigenvalue weighted by atomic mass is 16.4. The van der Waals surface area contributed by atoms with E-state index in [9.17, 15) is 4.79 Å². The lowest BCUT2D eigenvalue weighted by Crippen LogP contribution is -2.33. The number of amides is 1. The molecule has 2 rings (SSSR count). The lowest BCUT2D eigenvalue weighted by Gasteiger charge is -2.05. The number of aryl methyl sites for hydroxylation is 1. The third-order valence-electron chi connectivity index (χ3n) is 2.46. The van der Waals surface area contributed by atoms with Gasteiger partial charge in [-0.2, -0.15) is 0 Å². The fourth-order valence-electron chi connectivity index (χ4n) is 1.55.